The number of rotatable bonds is 7. The van der Waals surface area contributed by atoms with E-state index in [0.717, 1.165) is 19.4 Å². The summed E-state index contributed by atoms with van der Waals surface area (Å²) in [5.74, 6) is 0. The number of hydrogen-bond acceptors (Lipinski definition) is 5. The first kappa shape index (κ1) is 19.2. The van der Waals surface area contributed by atoms with Crippen molar-refractivity contribution in [3.8, 4) is 0 Å². The molecule has 6 heteroatoms. The van der Waals surface area contributed by atoms with Crippen molar-refractivity contribution in [3.05, 3.63) is 11.6 Å². The van der Waals surface area contributed by atoms with E-state index in [1.165, 1.54) is 5.57 Å². The third-order valence-corrected chi connectivity index (χ3v) is 4.02. The second kappa shape index (κ2) is 8.83. The zero-order valence-corrected chi connectivity index (χ0v) is 15.4. The summed E-state index contributed by atoms with van der Waals surface area (Å²) in [6, 6.07) is 0.0211. The monoisotopic (exact) mass is 341 g/mol. The van der Waals surface area contributed by atoms with Gasteiger partial charge in [0.1, 0.15) is 5.60 Å². The van der Waals surface area contributed by atoms with Crippen molar-refractivity contribution in [2.75, 3.05) is 39.6 Å². The molecular weight excluding hydrogens is 310 g/mol. The molecule has 2 atom stereocenters. The highest BCUT2D eigenvalue weighted by Gasteiger charge is 2.39. The number of morpholine rings is 1. The Morgan fingerprint density at radius 1 is 1.25 bits per heavy atom. The summed E-state index contributed by atoms with van der Waals surface area (Å²) in [7, 11) is 0. The molecule has 1 fully saturated rings. The van der Waals surface area contributed by atoms with Gasteiger partial charge in [0.25, 0.3) is 0 Å². The van der Waals surface area contributed by atoms with Crippen LogP contribution in [0.15, 0.2) is 11.6 Å². The topological polar surface area (TPSA) is 57.2 Å². The van der Waals surface area contributed by atoms with Gasteiger partial charge < -0.3 is 18.9 Å². The van der Waals surface area contributed by atoms with Crippen LogP contribution in [0.3, 0.4) is 0 Å². The van der Waals surface area contributed by atoms with Gasteiger partial charge in [-0.2, -0.15) is 0 Å². The molecule has 2 aliphatic rings. The van der Waals surface area contributed by atoms with Crippen LogP contribution in [0.25, 0.3) is 0 Å². The van der Waals surface area contributed by atoms with E-state index in [9.17, 15) is 4.79 Å². The number of nitrogens with zero attached hydrogens (tertiary/aromatic N) is 1. The Hall–Kier alpha value is -1.11. The highest BCUT2D eigenvalue weighted by molar-refractivity contribution is 5.70. The molecule has 2 aliphatic heterocycles. The van der Waals surface area contributed by atoms with E-state index in [-0.39, 0.29) is 18.2 Å². The fraction of sp³-hybridized carbons (Fsp3) is 0.833. The van der Waals surface area contributed by atoms with Crippen LogP contribution in [0, 0.1) is 0 Å². The molecule has 24 heavy (non-hydrogen) atoms. The lowest BCUT2D eigenvalue weighted by atomic mass is 9.93. The highest BCUT2D eigenvalue weighted by Crippen LogP contribution is 2.30. The molecule has 2 rings (SSSR count). The van der Waals surface area contributed by atoms with E-state index in [4.69, 9.17) is 18.9 Å². The predicted octanol–water partition coefficient (Wildman–Crippen LogP) is 2.76. The molecule has 0 aromatic heterocycles. The molecule has 1 amide bonds. The van der Waals surface area contributed by atoms with Gasteiger partial charge in [0.15, 0.2) is 0 Å². The summed E-state index contributed by atoms with van der Waals surface area (Å²) in [6.45, 7) is 11.4. The second-order valence-electron chi connectivity index (χ2n) is 7.23. The van der Waals surface area contributed by atoms with Gasteiger partial charge in [-0.15, -0.1) is 0 Å². The van der Waals surface area contributed by atoms with Crippen LogP contribution in [0.5, 0.6) is 0 Å². The van der Waals surface area contributed by atoms with Crippen molar-refractivity contribution in [3.63, 3.8) is 0 Å². The van der Waals surface area contributed by atoms with Crippen molar-refractivity contribution in [1.82, 2.24) is 4.90 Å². The van der Waals surface area contributed by atoms with E-state index in [1.54, 1.807) is 0 Å². The summed E-state index contributed by atoms with van der Waals surface area (Å²) in [5.41, 5.74) is 0.856. The molecule has 2 unspecified atom stereocenters. The Labute approximate surface area is 145 Å². The molecule has 0 radical (unpaired) electrons. The van der Waals surface area contributed by atoms with Gasteiger partial charge in [-0.05, 0) is 40.5 Å². The minimum Gasteiger partial charge on any atom is -0.444 e. The molecule has 0 aromatic carbocycles. The molecule has 138 valence electrons. The number of hydrogen-bond donors (Lipinski definition) is 0. The number of fused-ring (bicyclic) bond motifs is 2. The maximum absolute atomic E-state index is 12.5. The lowest BCUT2D eigenvalue weighted by Gasteiger charge is -2.44. The van der Waals surface area contributed by atoms with Crippen LogP contribution in [-0.2, 0) is 18.9 Å². The largest absolute Gasteiger partial charge is 0.444 e. The average molecular weight is 341 g/mol. The fourth-order valence-electron chi connectivity index (χ4n) is 3.04. The first-order chi connectivity index (χ1) is 11.4. The standard InChI is InChI=1S/C18H31NO5/c1-5-21-8-9-22-7-6-14-10-15-12-23-13-16(11-14)19(15)17(20)24-18(2,3)4/h10,15-16H,5-9,11-13H2,1-4H3. The normalized spacial score (nSPS) is 23.8. The molecule has 1 saturated heterocycles. The van der Waals surface area contributed by atoms with E-state index in [2.05, 4.69) is 6.08 Å². The van der Waals surface area contributed by atoms with Crippen LogP contribution in [0.2, 0.25) is 0 Å². The van der Waals surface area contributed by atoms with E-state index < -0.39 is 5.60 Å². The van der Waals surface area contributed by atoms with Crippen molar-refractivity contribution < 1.29 is 23.7 Å². The molecule has 0 spiro atoms. The van der Waals surface area contributed by atoms with Crippen molar-refractivity contribution >= 4 is 6.09 Å². The Bertz CT molecular complexity index is 443. The zero-order chi connectivity index (χ0) is 17.6. The summed E-state index contributed by atoms with van der Waals surface area (Å²) < 4.78 is 22.0. The predicted molar refractivity (Wildman–Crippen MR) is 91.1 cm³/mol. The van der Waals surface area contributed by atoms with Crippen molar-refractivity contribution in [2.24, 2.45) is 0 Å². The van der Waals surface area contributed by atoms with Crippen LogP contribution >= 0.6 is 0 Å². The van der Waals surface area contributed by atoms with Gasteiger partial charge in [-0.1, -0.05) is 11.6 Å². The molecule has 2 heterocycles. The minimum absolute atomic E-state index is 0.0363. The molecular formula is C18H31NO5. The number of ether oxygens (including phenoxy) is 4. The first-order valence-electron chi connectivity index (χ1n) is 8.85. The number of carbonyl (C=O) groups excluding carboxylic acids is 1. The maximum atomic E-state index is 12.5. The van der Waals surface area contributed by atoms with Crippen molar-refractivity contribution in [2.45, 2.75) is 58.2 Å². The lowest BCUT2D eigenvalue weighted by Crippen LogP contribution is -2.57. The summed E-state index contributed by atoms with van der Waals surface area (Å²) >= 11 is 0. The van der Waals surface area contributed by atoms with Crippen LogP contribution in [0.1, 0.15) is 40.5 Å². The number of amides is 1. The fourth-order valence-corrected chi connectivity index (χ4v) is 3.04. The maximum Gasteiger partial charge on any atom is 0.411 e. The molecule has 0 aromatic rings. The third-order valence-electron chi connectivity index (χ3n) is 4.02. The summed E-state index contributed by atoms with van der Waals surface area (Å²) in [6.07, 6.45) is 3.61. The summed E-state index contributed by atoms with van der Waals surface area (Å²) in [5, 5.41) is 0. The van der Waals surface area contributed by atoms with Gasteiger partial charge in [0.05, 0.1) is 45.1 Å². The van der Waals surface area contributed by atoms with Crippen LogP contribution < -0.4 is 0 Å². The van der Waals surface area contributed by atoms with Crippen LogP contribution in [-0.4, -0.2) is 68.3 Å². The van der Waals surface area contributed by atoms with Crippen molar-refractivity contribution in [1.29, 1.82) is 0 Å². The Morgan fingerprint density at radius 3 is 2.67 bits per heavy atom. The molecule has 0 saturated carbocycles. The Kier molecular flexibility index (Phi) is 7.07. The summed E-state index contributed by atoms with van der Waals surface area (Å²) in [4.78, 5) is 14.3. The van der Waals surface area contributed by atoms with Gasteiger partial charge >= 0.3 is 6.09 Å². The van der Waals surface area contributed by atoms with Gasteiger partial charge in [0.2, 0.25) is 0 Å². The van der Waals surface area contributed by atoms with E-state index >= 15 is 0 Å². The van der Waals surface area contributed by atoms with E-state index in [1.807, 2.05) is 32.6 Å². The Morgan fingerprint density at radius 2 is 2.00 bits per heavy atom. The zero-order valence-electron chi connectivity index (χ0n) is 15.4. The third kappa shape index (κ3) is 5.76. The molecule has 0 N–H and O–H groups in total. The van der Waals surface area contributed by atoms with Gasteiger partial charge in [0, 0.05) is 6.61 Å². The quantitative estimate of drug-likeness (QED) is 0.526. The minimum atomic E-state index is -0.482. The smallest absolute Gasteiger partial charge is 0.411 e. The lowest BCUT2D eigenvalue weighted by molar-refractivity contribution is -0.0541. The SMILES string of the molecule is CCOCCOCCC1=CC2COCC(C1)N2C(=O)OC(C)(C)C. The molecule has 0 aliphatic carbocycles. The van der Waals surface area contributed by atoms with Crippen LogP contribution in [0.4, 0.5) is 4.79 Å². The van der Waals surface area contributed by atoms with Gasteiger partial charge in [-0.25, -0.2) is 4.79 Å². The number of carbonyl (C=O) groups is 1. The van der Waals surface area contributed by atoms with Gasteiger partial charge in [-0.3, -0.25) is 4.90 Å². The van der Waals surface area contributed by atoms with E-state index in [0.29, 0.717) is 33.0 Å². The highest BCUT2D eigenvalue weighted by atomic mass is 16.6. The molecule has 6 nitrogen and oxygen atoms in total. The first-order valence-corrected chi connectivity index (χ1v) is 8.85. The average Bonchev–Trinajstić information content (AvgIpc) is 2.48. The second-order valence-corrected chi connectivity index (χ2v) is 7.23. The molecule has 2 bridgehead atoms. The Balaban J connectivity index is 1.86.